The third-order valence-electron chi connectivity index (χ3n) is 3.40. The molecule has 0 spiro atoms. The summed E-state index contributed by atoms with van der Waals surface area (Å²) in [6.45, 7) is 3.00. The van der Waals surface area contributed by atoms with Crippen molar-refractivity contribution in [3.05, 3.63) is 41.7 Å². The Kier molecular flexibility index (Phi) is 5.22. The lowest BCUT2D eigenvalue weighted by molar-refractivity contribution is 0.354. The minimum atomic E-state index is 0.364. The fourth-order valence-corrected chi connectivity index (χ4v) is 2.29. The largest absolute Gasteiger partial charge is 0.493 e. The molecule has 1 aromatic carbocycles. The van der Waals surface area contributed by atoms with Gasteiger partial charge in [-0.25, -0.2) is 0 Å². The Morgan fingerprint density at radius 2 is 1.95 bits per heavy atom. The first-order valence-electron chi connectivity index (χ1n) is 7.04. The Labute approximate surface area is 125 Å². The van der Waals surface area contributed by atoms with Gasteiger partial charge in [0.15, 0.2) is 11.5 Å². The number of methoxy groups -OCH3 is 2. The molecule has 0 saturated carbocycles. The predicted octanol–water partition coefficient (Wildman–Crippen LogP) is 2.16. The smallest absolute Gasteiger partial charge is 0.160 e. The summed E-state index contributed by atoms with van der Waals surface area (Å²) in [6.07, 6.45) is 4.84. The molecule has 0 aliphatic rings. The zero-order chi connectivity index (χ0) is 15.2. The number of ether oxygens (including phenoxy) is 2. The van der Waals surface area contributed by atoms with Crippen LogP contribution in [0.4, 0.5) is 0 Å². The van der Waals surface area contributed by atoms with Crippen LogP contribution in [0, 0.1) is 0 Å². The van der Waals surface area contributed by atoms with Crippen LogP contribution >= 0.6 is 0 Å². The maximum absolute atomic E-state index is 5.33. The zero-order valence-corrected chi connectivity index (χ0v) is 13.1. The lowest BCUT2D eigenvalue weighted by Crippen LogP contribution is -2.27. The summed E-state index contributed by atoms with van der Waals surface area (Å²) in [5.74, 6) is 1.53. The summed E-state index contributed by atoms with van der Waals surface area (Å²) in [5, 5.41) is 7.67. The highest BCUT2D eigenvalue weighted by Gasteiger charge is 2.08. The molecular formula is C16H23N3O2. The molecule has 1 heterocycles. The number of nitrogens with zero attached hydrogens (tertiary/aromatic N) is 2. The molecular weight excluding hydrogens is 266 g/mol. The van der Waals surface area contributed by atoms with E-state index in [1.807, 2.05) is 36.3 Å². The van der Waals surface area contributed by atoms with Gasteiger partial charge in [0.1, 0.15) is 0 Å². The van der Waals surface area contributed by atoms with Crippen LogP contribution in [0.1, 0.15) is 18.1 Å². The topological polar surface area (TPSA) is 48.3 Å². The lowest BCUT2D eigenvalue weighted by atomic mass is 10.1. The maximum Gasteiger partial charge on any atom is 0.160 e. The van der Waals surface area contributed by atoms with Gasteiger partial charge in [0.25, 0.3) is 0 Å². The van der Waals surface area contributed by atoms with E-state index < -0.39 is 0 Å². The highest BCUT2D eigenvalue weighted by molar-refractivity contribution is 5.43. The van der Waals surface area contributed by atoms with Gasteiger partial charge >= 0.3 is 0 Å². The van der Waals surface area contributed by atoms with Crippen molar-refractivity contribution in [3.8, 4) is 11.5 Å². The molecule has 1 atom stereocenters. The molecule has 114 valence electrons. The van der Waals surface area contributed by atoms with E-state index in [1.165, 1.54) is 11.1 Å². The molecule has 0 amide bonds. The molecule has 0 saturated heterocycles. The van der Waals surface area contributed by atoms with Crippen LogP contribution in [0.5, 0.6) is 11.5 Å². The molecule has 0 aliphatic carbocycles. The maximum atomic E-state index is 5.33. The van der Waals surface area contributed by atoms with Crippen molar-refractivity contribution >= 4 is 0 Å². The molecule has 0 fully saturated rings. The van der Waals surface area contributed by atoms with E-state index in [2.05, 4.69) is 23.4 Å². The van der Waals surface area contributed by atoms with E-state index in [0.29, 0.717) is 6.04 Å². The van der Waals surface area contributed by atoms with Gasteiger partial charge in [0.2, 0.25) is 0 Å². The van der Waals surface area contributed by atoms with Crippen molar-refractivity contribution in [1.82, 2.24) is 15.1 Å². The molecule has 2 aromatic rings. The van der Waals surface area contributed by atoms with Gasteiger partial charge in [-0.3, -0.25) is 4.68 Å². The van der Waals surface area contributed by atoms with Crippen LogP contribution < -0.4 is 14.8 Å². The van der Waals surface area contributed by atoms with E-state index in [4.69, 9.17) is 9.47 Å². The van der Waals surface area contributed by atoms with E-state index in [1.54, 1.807) is 14.2 Å². The van der Waals surface area contributed by atoms with E-state index in [9.17, 15) is 0 Å². The summed E-state index contributed by atoms with van der Waals surface area (Å²) >= 11 is 0. The molecule has 0 radical (unpaired) electrons. The molecule has 5 heteroatoms. The Morgan fingerprint density at radius 3 is 2.57 bits per heavy atom. The second-order valence-electron chi connectivity index (χ2n) is 5.20. The van der Waals surface area contributed by atoms with Crippen LogP contribution in [-0.2, 0) is 20.0 Å². The number of rotatable bonds is 7. The highest BCUT2D eigenvalue weighted by Crippen LogP contribution is 2.27. The molecule has 2 rings (SSSR count). The van der Waals surface area contributed by atoms with Crippen LogP contribution in [0.2, 0.25) is 0 Å². The molecule has 1 aromatic heterocycles. The van der Waals surface area contributed by atoms with Crippen molar-refractivity contribution in [1.29, 1.82) is 0 Å². The Morgan fingerprint density at radius 1 is 1.19 bits per heavy atom. The van der Waals surface area contributed by atoms with Crippen molar-refractivity contribution < 1.29 is 9.47 Å². The number of benzene rings is 1. The molecule has 21 heavy (non-hydrogen) atoms. The van der Waals surface area contributed by atoms with Gasteiger partial charge in [-0.2, -0.15) is 5.10 Å². The first-order chi connectivity index (χ1) is 10.1. The normalized spacial score (nSPS) is 12.2. The quantitative estimate of drug-likeness (QED) is 0.848. The summed E-state index contributed by atoms with van der Waals surface area (Å²) in [7, 11) is 5.23. The summed E-state index contributed by atoms with van der Waals surface area (Å²) in [5.41, 5.74) is 2.41. The van der Waals surface area contributed by atoms with Crippen LogP contribution in [0.3, 0.4) is 0 Å². The fourth-order valence-electron chi connectivity index (χ4n) is 2.29. The van der Waals surface area contributed by atoms with Gasteiger partial charge in [-0.1, -0.05) is 6.07 Å². The molecule has 1 unspecified atom stereocenters. The Balaban J connectivity index is 1.91. The number of nitrogens with one attached hydrogen (secondary N) is 1. The average molecular weight is 289 g/mol. The highest BCUT2D eigenvalue weighted by atomic mass is 16.5. The third kappa shape index (κ3) is 4.23. The predicted molar refractivity (Wildman–Crippen MR) is 82.8 cm³/mol. The second kappa shape index (κ2) is 7.13. The van der Waals surface area contributed by atoms with Gasteiger partial charge in [-0.05, 0) is 31.0 Å². The second-order valence-corrected chi connectivity index (χ2v) is 5.20. The monoisotopic (exact) mass is 289 g/mol. The number of hydrogen-bond donors (Lipinski definition) is 1. The molecule has 5 nitrogen and oxygen atoms in total. The van der Waals surface area contributed by atoms with Gasteiger partial charge in [0.05, 0.1) is 20.4 Å². The minimum Gasteiger partial charge on any atom is -0.493 e. The van der Waals surface area contributed by atoms with E-state index >= 15 is 0 Å². The fraction of sp³-hybridized carbons (Fsp3) is 0.438. The first kappa shape index (κ1) is 15.4. The third-order valence-corrected chi connectivity index (χ3v) is 3.40. The lowest BCUT2D eigenvalue weighted by Gasteiger charge is -2.15. The van der Waals surface area contributed by atoms with Crippen LogP contribution in [0.25, 0.3) is 0 Å². The average Bonchev–Trinajstić information content (AvgIpc) is 2.90. The van der Waals surface area contributed by atoms with Crippen LogP contribution in [-0.4, -0.2) is 30.0 Å². The van der Waals surface area contributed by atoms with E-state index in [0.717, 1.165) is 24.5 Å². The number of hydrogen-bond acceptors (Lipinski definition) is 4. The molecule has 0 aliphatic heterocycles. The van der Waals surface area contributed by atoms with Crippen molar-refractivity contribution in [2.45, 2.75) is 25.9 Å². The Hall–Kier alpha value is -2.01. The minimum absolute atomic E-state index is 0.364. The van der Waals surface area contributed by atoms with Crippen molar-refractivity contribution in [2.75, 3.05) is 14.2 Å². The zero-order valence-electron chi connectivity index (χ0n) is 13.1. The van der Waals surface area contributed by atoms with E-state index in [-0.39, 0.29) is 0 Å². The van der Waals surface area contributed by atoms with Gasteiger partial charge < -0.3 is 14.8 Å². The molecule has 1 N–H and O–H groups in total. The molecule has 0 bridgehead atoms. The van der Waals surface area contributed by atoms with Crippen molar-refractivity contribution in [2.24, 2.45) is 7.05 Å². The SMILES string of the molecule is COc1ccc(CC(C)NCc2cnn(C)c2)cc1OC. The summed E-state index contributed by atoms with van der Waals surface area (Å²) < 4.78 is 12.4. The Bertz CT molecular complexity index is 581. The summed E-state index contributed by atoms with van der Waals surface area (Å²) in [4.78, 5) is 0. The standard InChI is InChI=1S/C16H23N3O2/c1-12(17-9-14-10-18-19(2)11-14)7-13-5-6-15(20-3)16(8-13)21-4/h5-6,8,10-12,17H,7,9H2,1-4H3. The number of aryl methyl sites for hydroxylation is 1. The van der Waals surface area contributed by atoms with Crippen LogP contribution in [0.15, 0.2) is 30.6 Å². The van der Waals surface area contributed by atoms with Crippen molar-refractivity contribution in [3.63, 3.8) is 0 Å². The van der Waals surface area contributed by atoms with Gasteiger partial charge in [-0.15, -0.1) is 0 Å². The van der Waals surface area contributed by atoms with Gasteiger partial charge in [0, 0.05) is 31.4 Å². The number of aromatic nitrogens is 2. The summed E-state index contributed by atoms with van der Waals surface area (Å²) in [6, 6.07) is 6.41. The first-order valence-corrected chi connectivity index (χ1v) is 7.04.